The molecule has 154 valence electrons. The number of hydrogen-bond donors (Lipinski definition) is 3. The van der Waals surface area contributed by atoms with Crippen LogP contribution in [0.25, 0.3) is 0 Å². The first kappa shape index (κ1) is 22.4. The Morgan fingerprint density at radius 2 is 1.86 bits per heavy atom. The maximum absolute atomic E-state index is 12.8. The van der Waals surface area contributed by atoms with Gasteiger partial charge in [-0.15, -0.1) is 11.3 Å². The molecule has 0 aliphatic carbocycles. The van der Waals surface area contributed by atoms with Crippen molar-refractivity contribution in [2.75, 3.05) is 6.54 Å². The van der Waals surface area contributed by atoms with Gasteiger partial charge in [-0.05, 0) is 63.3 Å². The zero-order valence-electron chi connectivity index (χ0n) is 17.2. The summed E-state index contributed by atoms with van der Waals surface area (Å²) in [5.41, 5.74) is 1.35. The minimum Gasteiger partial charge on any atom is -0.357 e. The average Bonchev–Trinajstić information content (AvgIpc) is 3.00. The molecular formula is C20H30N4O2S2. The Morgan fingerprint density at radius 3 is 2.46 bits per heavy atom. The summed E-state index contributed by atoms with van der Waals surface area (Å²) in [5.74, 6) is 0.659. The molecule has 0 amide bonds. The predicted octanol–water partition coefficient (Wildman–Crippen LogP) is 3.39. The number of rotatable bonds is 7. The molecule has 0 saturated carbocycles. The van der Waals surface area contributed by atoms with Gasteiger partial charge in [0.25, 0.3) is 0 Å². The summed E-state index contributed by atoms with van der Waals surface area (Å²) in [6, 6.07) is 9.07. The molecule has 0 aliphatic rings. The second-order valence-electron chi connectivity index (χ2n) is 7.54. The van der Waals surface area contributed by atoms with E-state index in [-0.39, 0.29) is 11.4 Å². The van der Waals surface area contributed by atoms with Crippen LogP contribution in [-0.2, 0) is 23.1 Å². The SMILES string of the molecule is CCNC(=NCc1ccccc1S(=O)(=O)NC(C)(C)C)NCc1sccc1C. The highest BCUT2D eigenvalue weighted by molar-refractivity contribution is 7.89. The van der Waals surface area contributed by atoms with Crippen molar-refractivity contribution in [1.29, 1.82) is 0 Å². The number of guanidine groups is 1. The molecule has 2 rings (SSSR count). The Hall–Kier alpha value is -1.90. The van der Waals surface area contributed by atoms with E-state index in [4.69, 9.17) is 0 Å². The molecule has 0 aliphatic heterocycles. The maximum atomic E-state index is 12.8. The molecular weight excluding hydrogens is 392 g/mol. The topological polar surface area (TPSA) is 82.6 Å². The lowest BCUT2D eigenvalue weighted by atomic mass is 10.1. The van der Waals surface area contributed by atoms with Gasteiger partial charge in [0.15, 0.2) is 5.96 Å². The van der Waals surface area contributed by atoms with Crippen molar-refractivity contribution in [3.63, 3.8) is 0 Å². The molecule has 1 aromatic carbocycles. The highest BCUT2D eigenvalue weighted by Crippen LogP contribution is 2.19. The van der Waals surface area contributed by atoms with Gasteiger partial charge < -0.3 is 10.6 Å². The van der Waals surface area contributed by atoms with E-state index in [0.29, 0.717) is 18.1 Å². The van der Waals surface area contributed by atoms with Crippen molar-refractivity contribution >= 4 is 27.3 Å². The molecule has 2 aromatic rings. The molecule has 0 bridgehead atoms. The second kappa shape index (κ2) is 9.54. The monoisotopic (exact) mass is 422 g/mol. The Labute approximate surface area is 172 Å². The van der Waals surface area contributed by atoms with Crippen molar-refractivity contribution in [2.24, 2.45) is 4.99 Å². The van der Waals surface area contributed by atoms with Crippen LogP contribution in [0.3, 0.4) is 0 Å². The highest BCUT2D eigenvalue weighted by Gasteiger charge is 2.24. The number of benzene rings is 1. The lowest BCUT2D eigenvalue weighted by molar-refractivity contribution is 0.491. The molecule has 0 radical (unpaired) electrons. The standard InChI is InChI=1S/C20H30N4O2S2/c1-6-21-19(23-14-17-15(2)11-12-27-17)22-13-16-9-7-8-10-18(16)28(25,26)24-20(3,4)5/h7-12,24H,6,13-14H2,1-5H3,(H2,21,22,23). The van der Waals surface area contributed by atoms with Crippen molar-refractivity contribution in [3.8, 4) is 0 Å². The van der Waals surface area contributed by atoms with Gasteiger partial charge in [0.05, 0.1) is 18.0 Å². The maximum Gasteiger partial charge on any atom is 0.241 e. The van der Waals surface area contributed by atoms with Gasteiger partial charge in [-0.1, -0.05) is 18.2 Å². The summed E-state index contributed by atoms with van der Waals surface area (Å²) in [6.07, 6.45) is 0. The number of nitrogens with zero attached hydrogens (tertiary/aromatic N) is 1. The summed E-state index contributed by atoms with van der Waals surface area (Å²) in [7, 11) is -3.62. The minimum absolute atomic E-state index is 0.263. The number of nitrogens with one attached hydrogen (secondary N) is 3. The van der Waals surface area contributed by atoms with E-state index in [1.54, 1.807) is 29.5 Å². The van der Waals surface area contributed by atoms with Crippen LogP contribution >= 0.6 is 11.3 Å². The van der Waals surface area contributed by atoms with Gasteiger partial charge in [0.2, 0.25) is 10.0 Å². The summed E-state index contributed by atoms with van der Waals surface area (Å²) in [5, 5.41) is 8.59. The molecule has 0 fully saturated rings. The van der Waals surface area contributed by atoms with E-state index in [9.17, 15) is 8.42 Å². The highest BCUT2D eigenvalue weighted by atomic mass is 32.2. The number of thiophene rings is 1. The molecule has 6 nitrogen and oxygen atoms in total. The fourth-order valence-electron chi connectivity index (χ4n) is 2.61. The van der Waals surface area contributed by atoms with Crippen molar-refractivity contribution in [1.82, 2.24) is 15.4 Å². The quantitative estimate of drug-likeness (QED) is 0.472. The predicted molar refractivity (Wildman–Crippen MR) is 117 cm³/mol. The fourth-order valence-corrected chi connectivity index (χ4v) is 5.11. The first-order valence-corrected chi connectivity index (χ1v) is 11.7. The van der Waals surface area contributed by atoms with Crippen molar-refractivity contribution in [2.45, 2.75) is 58.1 Å². The molecule has 1 heterocycles. The van der Waals surface area contributed by atoms with Crippen LogP contribution in [0, 0.1) is 6.92 Å². The molecule has 3 N–H and O–H groups in total. The van der Waals surface area contributed by atoms with Crippen LogP contribution in [0.1, 0.15) is 43.7 Å². The average molecular weight is 423 g/mol. The molecule has 28 heavy (non-hydrogen) atoms. The smallest absolute Gasteiger partial charge is 0.241 e. The fraction of sp³-hybridized carbons (Fsp3) is 0.450. The zero-order valence-corrected chi connectivity index (χ0v) is 18.8. The normalized spacial score (nSPS) is 12.8. The first-order chi connectivity index (χ1) is 13.1. The van der Waals surface area contributed by atoms with Crippen molar-refractivity contribution < 1.29 is 8.42 Å². The lowest BCUT2D eigenvalue weighted by Crippen LogP contribution is -2.40. The van der Waals surface area contributed by atoms with Crippen LogP contribution in [0.2, 0.25) is 0 Å². The third kappa shape index (κ3) is 6.61. The molecule has 8 heteroatoms. The Morgan fingerprint density at radius 1 is 1.14 bits per heavy atom. The molecule has 1 aromatic heterocycles. The van der Waals surface area contributed by atoms with Gasteiger partial charge in [0.1, 0.15) is 0 Å². The van der Waals surface area contributed by atoms with Gasteiger partial charge in [-0.2, -0.15) is 0 Å². The van der Waals surface area contributed by atoms with E-state index in [2.05, 4.69) is 38.7 Å². The summed E-state index contributed by atoms with van der Waals surface area (Å²) in [4.78, 5) is 6.11. The van der Waals surface area contributed by atoms with Gasteiger partial charge in [-0.3, -0.25) is 0 Å². The lowest BCUT2D eigenvalue weighted by Gasteiger charge is -2.21. The Kier molecular flexibility index (Phi) is 7.63. The van der Waals surface area contributed by atoms with Crippen LogP contribution in [0.4, 0.5) is 0 Å². The van der Waals surface area contributed by atoms with Crippen LogP contribution in [-0.4, -0.2) is 26.5 Å². The van der Waals surface area contributed by atoms with E-state index in [1.165, 1.54) is 10.4 Å². The number of sulfonamides is 1. The number of hydrogen-bond acceptors (Lipinski definition) is 4. The van der Waals surface area contributed by atoms with Crippen LogP contribution in [0.15, 0.2) is 45.6 Å². The van der Waals surface area contributed by atoms with E-state index < -0.39 is 15.6 Å². The first-order valence-electron chi connectivity index (χ1n) is 9.29. The van der Waals surface area contributed by atoms with E-state index in [0.717, 1.165) is 6.54 Å². The van der Waals surface area contributed by atoms with Gasteiger partial charge >= 0.3 is 0 Å². The summed E-state index contributed by atoms with van der Waals surface area (Å²) >= 11 is 1.70. The van der Waals surface area contributed by atoms with Gasteiger partial charge in [-0.25, -0.2) is 18.1 Å². The summed E-state index contributed by atoms with van der Waals surface area (Å²) < 4.78 is 28.2. The van der Waals surface area contributed by atoms with E-state index in [1.807, 2.05) is 33.8 Å². The molecule has 0 spiro atoms. The third-order valence-corrected chi connectivity index (χ3v) is 6.72. The molecule has 0 saturated heterocycles. The number of aryl methyl sites for hydroxylation is 1. The Bertz CT molecular complexity index is 912. The van der Waals surface area contributed by atoms with Gasteiger partial charge in [0, 0.05) is 17.0 Å². The summed E-state index contributed by atoms with van der Waals surface area (Å²) in [6.45, 7) is 11.2. The Balaban J connectivity index is 2.19. The minimum atomic E-state index is -3.62. The van der Waals surface area contributed by atoms with Crippen molar-refractivity contribution in [3.05, 3.63) is 51.7 Å². The van der Waals surface area contributed by atoms with E-state index >= 15 is 0 Å². The largest absolute Gasteiger partial charge is 0.357 e. The molecule has 0 unspecified atom stereocenters. The number of aliphatic imine (C=N–C) groups is 1. The van der Waals surface area contributed by atoms with Crippen LogP contribution in [0.5, 0.6) is 0 Å². The second-order valence-corrected chi connectivity index (χ2v) is 10.2. The third-order valence-electron chi connectivity index (χ3n) is 3.84. The zero-order chi connectivity index (χ0) is 20.8. The molecule has 0 atom stereocenters. The van der Waals surface area contributed by atoms with Crippen LogP contribution < -0.4 is 15.4 Å².